The average molecular weight is 423 g/mol. The number of rotatable bonds is 9. The minimum atomic E-state index is -1.08. The van der Waals surface area contributed by atoms with Crippen molar-refractivity contribution in [1.29, 1.82) is 0 Å². The maximum absolute atomic E-state index is 13.1. The Kier molecular flexibility index (Phi) is 7.50. The van der Waals surface area contributed by atoms with Crippen LogP contribution in [0.5, 0.6) is 0 Å². The Bertz CT molecular complexity index is 933. The van der Waals surface area contributed by atoms with Crippen LogP contribution in [0.2, 0.25) is 0 Å². The highest BCUT2D eigenvalue weighted by Gasteiger charge is 2.38. The Morgan fingerprint density at radius 2 is 1.65 bits per heavy atom. The number of nitrogens with zero attached hydrogens (tertiary/aromatic N) is 1. The van der Waals surface area contributed by atoms with Crippen LogP contribution >= 0.6 is 0 Å². The Morgan fingerprint density at radius 3 is 2.26 bits per heavy atom. The summed E-state index contributed by atoms with van der Waals surface area (Å²) in [6.45, 7) is 0.305. The van der Waals surface area contributed by atoms with Crippen molar-refractivity contribution in [2.24, 2.45) is 0 Å². The van der Waals surface area contributed by atoms with E-state index in [-0.39, 0.29) is 18.7 Å². The second-order valence-electron chi connectivity index (χ2n) is 7.31. The Morgan fingerprint density at radius 1 is 1.03 bits per heavy atom. The lowest BCUT2D eigenvalue weighted by Gasteiger charge is -2.26. The minimum absolute atomic E-state index is 0.118. The van der Waals surface area contributed by atoms with Gasteiger partial charge in [0.15, 0.2) is 0 Å². The molecule has 3 rings (SSSR count). The number of hydrogen-bond acceptors (Lipinski definition) is 5. The van der Waals surface area contributed by atoms with Gasteiger partial charge >= 0.3 is 5.91 Å². The predicted octanol–water partition coefficient (Wildman–Crippen LogP) is 1.15. The van der Waals surface area contributed by atoms with E-state index in [4.69, 9.17) is 0 Å². The van der Waals surface area contributed by atoms with Gasteiger partial charge in [-0.2, -0.15) is 0 Å². The van der Waals surface area contributed by atoms with Crippen LogP contribution in [0.15, 0.2) is 60.7 Å². The summed E-state index contributed by atoms with van der Waals surface area (Å²) in [4.78, 5) is 56.2. The highest BCUT2D eigenvalue weighted by atomic mass is 16.6. The van der Waals surface area contributed by atoms with Crippen LogP contribution in [0.1, 0.15) is 24.0 Å². The first-order valence-electron chi connectivity index (χ1n) is 10.0. The zero-order chi connectivity index (χ0) is 22.2. The van der Waals surface area contributed by atoms with E-state index in [9.17, 15) is 19.2 Å². The SMILES string of the molecule is CONC(=O)C(=O)C(Cc1ccccc1)NC(=O)[C@H]1CCC(=O)N1Cc1ccccc1. The first-order valence-corrected chi connectivity index (χ1v) is 10.0. The monoisotopic (exact) mass is 423 g/mol. The average Bonchev–Trinajstić information content (AvgIpc) is 3.14. The smallest absolute Gasteiger partial charge is 0.313 e. The molecule has 1 fully saturated rings. The quantitative estimate of drug-likeness (QED) is 0.465. The fourth-order valence-electron chi connectivity index (χ4n) is 3.61. The van der Waals surface area contributed by atoms with E-state index in [1.54, 1.807) is 0 Å². The molecule has 2 aromatic rings. The zero-order valence-corrected chi connectivity index (χ0v) is 17.2. The van der Waals surface area contributed by atoms with Gasteiger partial charge in [-0.15, -0.1) is 0 Å². The molecule has 162 valence electrons. The van der Waals surface area contributed by atoms with E-state index in [1.807, 2.05) is 66.1 Å². The molecule has 0 saturated carbocycles. The summed E-state index contributed by atoms with van der Waals surface area (Å²) in [5.41, 5.74) is 3.69. The molecule has 0 radical (unpaired) electrons. The molecule has 1 saturated heterocycles. The normalized spacial score (nSPS) is 16.6. The van der Waals surface area contributed by atoms with Gasteiger partial charge in [-0.05, 0) is 17.5 Å². The van der Waals surface area contributed by atoms with Crippen LogP contribution in [-0.4, -0.2) is 47.6 Å². The van der Waals surface area contributed by atoms with Crippen molar-refractivity contribution in [2.75, 3.05) is 7.11 Å². The number of carbonyl (C=O) groups excluding carboxylic acids is 4. The number of likely N-dealkylation sites (tertiary alicyclic amines) is 1. The van der Waals surface area contributed by atoms with E-state index in [1.165, 1.54) is 12.0 Å². The lowest BCUT2D eigenvalue weighted by Crippen LogP contribution is -2.53. The molecule has 8 nitrogen and oxygen atoms in total. The molecule has 1 heterocycles. The molecule has 3 amide bonds. The summed E-state index contributed by atoms with van der Waals surface area (Å²) in [5.74, 6) is -2.35. The molecular weight excluding hydrogens is 398 g/mol. The predicted molar refractivity (Wildman–Crippen MR) is 112 cm³/mol. The fourth-order valence-corrected chi connectivity index (χ4v) is 3.61. The van der Waals surface area contributed by atoms with Gasteiger partial charge in [0, 0.05) is 19.4 Å². The molecule has 2 aromatic carbocycles. The van der Waals surface area contributed by atoms with E-state index >= 15 is 0 Å². The third kappa shape index (κ3) is 5.76. The zero-order valence-electron chi connectivity index (χ0n) is 17.2. The third-order valence-corrected chi connectivity index (χ3v) is 5.16. The third-order valence-electron chi connectivity index (χ3n) is 5.16. The number of benzene rings is 2. The number of Topliss-reactive ketones (excluding diaryl/α,β-unsaturated/α-hetero) is 1. The fraction of sp³-hybridized carbons (Fsp3) is 0.304. The van der Waals surface area contributed by atoms with Crippen LogP contribution in [0.3, 0.4) is 0 Å². The summed E-state index contributed by atoms with van der Waals surface area (Å²) >= 11 is 0. The second-order valence-corrected chi connectivity index (χ2v) is 7.31. The summed E-state index contributed by atoms with van der Waals surface area (Å²) in [6.07, 6.45) is 0.752. The van der Waals surface area contributed by atoms with E-state index in [0.717, 1.165) is 11.1 Å². The lowest BCUT2D eigenvalue weighted by molar-refractivity contribution is -0.146. The number of carbonyl (C=O) groups is 4. The first kappa shape index (κ1) is 22.2. The largest absolute Gasteiger partial charge is 0.344 e. The standard InChI is InChI=1S/C23H25N3O5/c1-31-25-23(30)21(28)18(14-16-8-4-2-5-9-16)24-22(29)19-12-13-20(27)26(19)15-17-10-6-3-7-11-17/h2-11,18-19H,12-15H2,1H3,(H,24,29)(H,25,30)/t18?,19-/m1/s1. The van der Waals surface area contributed by atoms with Crippen molar-refractivity contribution in [3.63, 3.8) is 0 Å². The molecular formula is C23H25N3O5. The van der Waals surface area contributed by atoms with Crippen molar-refractivity contribution in [2.45, 2.75) is 37.9 Å². The second kappa shape index (κ2) is 10.5. The van der Waals surface area contributed by atoms with Gasteiger partial charge in [0.1, 0.15) is 12.1 Å². The Hall–Kier alpha value is -3.52. The van der Waals surface area contributed by atoms with Crippen molar-refractivity contribution in [3.05, 3.63) is 71.8 Å². The van der Waals surface area contributed by atoms with E-state index < -0.39 is 29.7 Å². The number of ketones is 1. The molecule has 0 bridgehead atoms. The highest BCUT2D eigenvalue weighted by Crippen LogP contribution is 2.22. The van der Waals surface area contributed by atoms with Crippen molar-refractivity contribution >= 4 is 23.5 Å². The molecule has 1 aliphatic heterocycles. The van der Waals surface area contributed by atoms with Gasteiger partial charge in [-0.25, -0.2) is 5.48 Å². The molecule has 8 heteroatoms. The van der Waals surface area contributed by atoms with Gasteiger partial charge < -0.3 is 10.2 Å². The molecule has 31 heavy (non-hydrogen) atoms. The summed E-state index contributed by atoms with van der Waals surface area (Å²) in [5, 5.41) is 2.68. The van der Waals surface area contributed by atoms with Crippen LogP contribution < -0.4 is 10.8 Å². The summed E-state index contributed by atoms with van der Waals surface area (Å²) in [7, 11) is 1.22. The van der Waals surface area contributed by atoms with Gasteiger partial charge in [0.2, 0.25) is 17.6 Å². The maximum Gasteiger partial charge on any atom is 0.313 e. The summed E-state index contributed by atoms with van der Waals surface area (Å²) < 4.78 is 0. The minimum Gasteiger partial charge on any atom is -0.344 e. The van der Waals surface area contributed by atoms with Gasteiger partial charge in [-0.3, -0.25) is 24.0 Å². The van der Waals surface area contributed by atoms with Gasteiger partial charge in [0.05, 0.1) is 7.11 Å². The Balaban J connectivity index is 1.75. The molecule has 2 atom stereocenters. The number of amides is 3. The molecule has 0 spiro atoms. The van der Waals surface area contributed by atoms with Crippen LogP contribution in [0.4, 0.5) is 0 Å². The molecule has 0 aromatic heterocycles. The first-order chi connectivity index (χ1) is 15.0. The van der Waals surface area contributed by atoms with Crippen molar-refractivity contribution in [3.8, 4) is 0 Å². The lowest BCUT2D eigenvalue weighted by atomic mass is 10.0. The summed E-state index contributed by atoms with van der Waals surface area (Å²) in [6, 6.07) is 16.7. The highest BCUT2D eigenvalue weighted by molar-refractivity contribution is 6.38. The van der Waals surface area contributed by atoms with Crippen LogP contribution in [-0.2, 0) is 37.0 Å². The van der Waals surface area contributed by atoms with E-state index in [2.05, 4.69) is 10.2 Å². The van der Waals surface area contributed by atoms with E-state index in [0.29, 0.717) is 13.0 Å². The Labute approximate surface area is 180 Å². The van der Waals surface area contributed by atoms with Gasteiger partial charge in [-0.1, -0.05) is 60.7 Å². The molecule has 2 N–H and O–H groups in total. The van der Waals surface area contributed by atoms with Crippen LogP contribution in [0.25, 0.3) is 0 Å². The number of hydroxylamine groups is 1. The van der Waals surface area contributed by atoms with Crippen LogP contribution in [0, 0.1) is 0 Å². The van der Waals surface area contributed by atoms with Crippen molar-refractivity contribution < 1.29 is 24.0 Å². The molecule has 0 aliphatic carbocycles. The maximum atomic E-state index is 13.1. The molecule has 1 unspecified atom stereocenters. The molecule has 1 aliphatic rings. The number of nitrogens with one attached hydrogen (secondary N) is 2. The topological polar surface area (TPSA) is 105 Å². The van der Waals surface area contributed by atoms with Gasteiger partial charge in [0.25, 0.3) is 0 Å². The number of hydrogen-bond donors (Lipinski definition) is 2. The van der Waals surface area contributed by atoms with Crippen molar-refractivity contribution in [1.82, 2.24) is 15.7 Å².